The van der Waals surface area contributed by atoms with Crippen molar-refractivity contribution in [3.8, 4) is 11.5 Å². The lowest BCUT2D eigenvalue weighted by molar-refractivity contribution is -0.131. The van der Waals surface area contributed by atoms with Crippen molar-refractivity contribution in [2.75, 3.05) is 0 Å². The highest BCUT2D eigenvalue weighted by Gasteiger charge is 2.53. The van der Waals surface area contributed by atoms with E-state index in [1.807, 2.05) is 0 Å². The van der Waals surface area contributed by atoms with Crippen molar-refractivity contribution < 1.29 is 46.3 Å². The average Bonchev–Trinajstić information content (AvgIpc) is 2.80. The summed E-state index contributed by atoms with van der Waals surface area (Å²) in [4.78, 5) is 39.6. The van der Waals surface area contributed by atoms with Crippen molar-refractivity contribution in [2.45, 2.75) is 75.4 Å². The number of esters is 2. The van der Waals surface area contributed by atoms with Crippen LogP contribution in [0.25, 0.3) is 0 Å². The van der Waals surface area contributed by atoms with Crippen molar-refractivity contribution in [3.63, 3.8) is 0 Å². The van der Waals surface area contributed by atoms with E-state index < -0.39 is 39.4 Å². The van der Waals surface area contributed by atoms with Crippen LogP contribution in [-0.4, -0.2) is 42.3 Å². The summed E-state index contributed by atoms with van der Waals surface area (Å²) in [7, 11) is -4.53. The van der Waals surface area contributed by atoms with Gasteiger partial charge in [-0.15, -0.1) is 0 Å². The SMILES string of the molecule is CC(C)(C)OC(=O)Oc1cccc(C(=O)OC23CC4CC(CC(C4)C2)C3)c1C(=O)Oc1cc(I)c(S(=O)(=O)O)c(I)c1. The Morgan fingerprint density at radius 3 is 1.95 bits per heavy atom. The molecule has 0 aliphatic heterocycles. The van der Waals surface area contributed by atoms with Gasteiger partial charge < -0.3 is 18.9 Å². The lowest BCUT2D eigenvalue weighted by Gasteiger charge is -2.55. The largest absolute Gasteiger partial charge is 0.514 e. The summed E-state index contributed by atoms with van der Waals surface area (Å²) in [5.41, 5.74) is -1.93. The van der Waals surface area contributed by atoms with Gasteiger partial charge >= 0.3 is 18.1 Å². The minimum absolute atomic E-state index is 0.0475. The van der Waals surface area contributed by atoms with E-state index in [1.54, 1.807) is 66.0 Å². The summed E-state index contributed by atoms with van der Waals surface area (Å²) in [6.45, 7) is 4.96. The average molecular weight is 824 g/mol. The van der Waals surface area contributed by atoms with Crippen LogP contribution in [-0.2, 0) is 19.6 Å². The van der Waals surface area contributed by atoms with Gasteiger partial charge in [0.25, 0.3) is 10.1 Å². The lowest BCUT2D eigenvalue weighted by atomic mass is 9.54. The van der Waals surface area contributed by atoms with Crippen LogP contribution in [0.4, 0.5) is 4.79 Å². The molecule has 226 valence electrons. The first-order valence-electron chi connectivity index (χ1n) is 13.5. The zero-order valence-corrected chi connectivity index (χ0v) is 28.3. The summed E-state index contributed by atoms with van der Waals surface area (Å²) in [6, 6.07) is 6.75. The van der Waals surface area contributed by atoms with Crippen LogP contribution in [0.2, 0.25) is 0 Å². The van der Waals surface area contributed by atoms with Gasteiger partial charge in [-0.25, -0.2) is 14.4 Å². The van der Waals surface area contributed by atoms with Gasteiger partial charge in [0.1, 0.15) is 33.2 Å². The number of benzene rings is 2. The third kappa shape index (κ3) is 6.88. The predicted octanol–water partition coefficient (Wildman–Crippen LogP) is 6.80. The molecule has 4 aliphatic carbocycles. The molecule has 0 unspecified atom stereocenters. The van der Waals surface area contributed by atoms with Gasteiger partial charge in [0.2, 0.25) is 0 Å². The number of halogens is 2. The Kier molecular flexibility index (Phi) is 8.61. The minimum Gasteiger partial charge on any atom is -0.455 e. The van der Waals surface area contributed by atoms with E-state index in [-0.39, 0.29) is 34.7 Å². The molecule has 4 fully saturated rings. The van der Waals surface area contributed by atoms with E-state index in [4.69, 9.17) is 18.9 Å². The number of hydrogen-bond donors (Lipinski definition) is 1. The van der Waals surface area contributed by atoms with Crippen molar-refractivity contribution in [1.82, 2.24) is 0 Å². The van der Waals surface area contributed by atoms with Crippen molar-refractivity contribution in [3.05, 3.63) is 48.6 Å². The van der Waals surface area contributed by atoms with E-state index in [9.17, 15) is 27.4 Å². The Morgan fingerprint density at radius 2 is 1.45 bits per heavy atom. The summed E-state index contributed by atoms with van der Waals surface area (Å²) >= 11 is 3.41. The van der Waals surface area contributed by atoms with E-state index in [0.29, 0.717) is 17.8 Å². The topological polar surface area (TPSA) is 142 Å². The second-order valence-corrected chi connectivity index (χ2v) is 16.0. The van der Waals surface area contributed by atoms with E-state index in [2.05, 4.69) is 0 Å². The van der Waals surface area contributed by atoms with Gasteiger partial charge in [-0.05, 0) is 146 Å². The predicted molar refractivity (Wildman–Crippen MR) is 166 cm³/mol. The highest BCUT2D eigenvalue weighted by atomic mass is 127. The van der Waals surface area contributed by atoms with Crippen LogP contribution >= 0.6 is 45.2 Å². The first-order valence-corrected chi connectivity index (χ1v) is 17.1. The van der Waals surface area contributed by atoms with E-state index in [1.165, 1.54) is 30.3 Å². The molecule has 13 heteroatoms. The molecule has 42 heavy (non-hydrogen) atoms. The van der Waals surface area contributed by atoms with E-state index in [0.717, 1.165) is 38.5 Å². The van der Waals surface area contributed by atoms with Crippen LogP contribution in [0.15, 0.2) is 35.2 Å². The molecule has 4 bridgehead atoms. The highest BCUT2D eigenvalue weighted by Crippen LogP contribution is 2.57. The zero-order valence-electron chi connectivity index (χ0n) is 23.1. The number of hydrogen-bond acceptors (Lipinski definition) is 9. The molecule has 4 saturated carbocycles. The third-order valence-corrected chi connectivity index (χ3v) is 11.2. The van der Waals surface area contributed by atoms with E-state index >= 15 is 0 Å². The molecule has 4 aliphatic rings. The highest BCUT2D eigenvalue weighted by molar-refractivity contribution is 14.1. The van der Waals surface area contributed by atoms with Gasteiger partial charge in [-0.3, -0.25) is 4.55 Å². The Balaban J connectivity index is 1.49. The van der Waals surface area contributed by atoms with Crippen LogP contribution in [0.3, 0.4) is 0 Å². The fourth-order valence-electron chi connectivity index (χ4n) is 6.77. The molecule has 0 radical (unpaired) electrons. The Morgan fingerprint density at radius 1 is 0.905 bits per heavy atom. The molecule has 10 nitrogen and oxygen atoms in total. The summed E-state index contributed by atoms with van der Waals surface area (Å²) < 4.78 is 55.8. The van der Waals surface area contributed by atoms with Gasteiger partial charge in [-0.1, -0.05) is 6.07 Å². The van der Waals surface area contributed by atoms with Crippen molar-refractivity contribution in [1.29, 1.82) is 0 Å². The van der Waals surface area contributed by atoms with Gasteiger partial charge in [0, 0.05) is 7.14 Å². The fourth-order valence-corrected chi connectivity index (χ4v) is 10.8. The molecule has 6 rings (SSSR count). The van der Waals surface area contributed by atoms with Crippen molar-refractivity contribution in [2.24, 2.45) is 17.8 Å². The third-order valence-electron chi connectivity index (χ3n) is 7.76. The zero-order chi connectivity index (χ0) is 30.6. The molecule has 0 aromatic heterocycles. The lowest BCUT2D eigenvalue weighted by Crippen LogP contribution is -2.52. The quantitative estimate of drug-likeness (QED) is 0.109. The first kappa shape index (κ1) is 31.4. The number of rotatable bonds is 6. The number of ether oxygens (including phenoxy) is 4. The standard InChI is InChI=1S/C29H30I2O10S/c1-28(2,3)41-27(34)39-22-6-4-5-19(25(32)40-29-12-15-7-16(13-29)9-17(8-15)14-29)23(22)26(33)38-18-10-20(30)24(21(31)11-18)42(35,36)37/h4-6,10-11,15-17H,7-9,12-14H2,1-3H3,(H,35,36,37). The number of carbonyl (C=O) groups is 3. The maximum absolute atomic E-state index is 13.7. The second-order valence-electron chi connectivity index (χ2n) is 12.3. The molecule has 0 amide bonds. The normalized spacial score (nSPS) is 24.7. The summed E-state index contributed by atoms with van der Waals surface area (Å²) in [5, 5.41) is 0. The van der Waals surface area contributed by atoms with Crippen LogP contribution in [0.1, 0.15) is 80.0 Å². The van der Waals surface area contributed by atoms with Gasteiger partial charge in [0.15, 0.2) is 0 Å². The molecule has 1 N–H and O–H groups in total. The number of carbonyl (C=O) groups excluding carboxylic acids is 3. The Hall–Kier alpha value is -1.98. The molecule has 0 heterocycles. The molecule has 0 spiro atoms. The molecule has 2 aromatic carbocycles. The van der Waals surface area contributed by atoms with Crippen LogP contribution in [0, 0.1) is 24.9 Å². The Bertz CT molecular complexity index is 1500. The second kappa shape index (κ2) is 11.5. The smallest absolute Gasteiger partial charge is 0.455 e. The first-order chi connectivity index (χ1) is 19.5. The minimum atomic E-state index is -4.53. The van der Waals surface area contributed by atoms with Gasteiger partial charge in [-0.2, -0.15) is 8.42 Å². The van der Waals surface area contributed by atoms with Crippen molar-refractivity contribution >= 4 is 73.4 Å². The Labute approximate surface area is 271 Å². The monoisotopic (exact) mass is 824 g/mol. The van der Waals surface area contributed by atoms with Gasteiger partial charge in [0.05, 0.1) is 5.56 Å². The summed E-state index contributed by atoms with van der Waals surface area (Å²) in [6.07, 6.45) is 4.75. The maximum Gasteiger partial charge on any atom is 0.514 e. The van der Waals surface area contributed by atoms with Crippen LogP contribution < -0.4 is 9.47 Å². The summed E-state index contributed by atoms with van der Waals surface area (Å²) in [5.74, 6) is -0.494. The molecule has 0 saturated heterocycles. The fraction of sp³-hybridized carbons (Fsp3) is 0.483. The maximum atomic E-state index is 13.7. The molecular formula is C29H30I2O10S. The molecule has 2 aromatic rings. The van der Waals surface area contributed by atoms with Crippen LogP contribution in [0.5, 0.6) is 11.5 Å². The molecule has 0 atom stereocenters. The molecular weight excluding hydrogens is 794 g/mol.